The molecule has 3 aliphatic rings. The highest BCUT2D eigenvalue weighted by Crippen LogP contribution is 2.54. The van der Waals surface area contributed by atoms with Crippen molar-refractivity contribution >= 4 is 21.7 Å². The maximum atomic E-state index is 13.2. The number of ketones is 1. The van der Waals surface area contributed by atoms with Gasteiger partial charge in [0.05, 0.1) is 29.8 Å². The van der Waals surface area contributed by atoms with Crippen LogP contribution in [-0.2, 0) is 4.79 Å². The van der Waals surface area contributed by atoms with Gasteiger partial charge < -0.3 is 4.90 Å². The maximum Gasteiger partial charge on any atom is 0.176 e. The predicted molar refractivity (Wildman–Crippen MR) is 101 cm³/mol. The van der Waals surface area contributed by atoms with E-state index < -0.39 is 23.4 Å². The Kier molecular flexibility index (Phi) is 4.14. The fourth-order valence-corrected chi connectivity index (χ4v) is 4.49. The molecule has 0 radical (unpaired) electrons. The van der Waals surface area contributed by atoms with Gasteiger partial charge in [-0.05, 0) is 36.6 Å². The van der Waals surface area contributed by atoms with Crippen LogP contribution in [0.3, 0.4) is 0 Å². The molecule has 4 rings (SSSR count). The zero-order valence-electron chi connectivity index (χ0n) is 14.3. The first-order valence-electron chi connectivity index (χ1n) is 8.75. The second kappa shape index (κ2) is 6.38. The van der Waals surface area contributed by atoms with Gasteiger partial charge in [-0.15, -0.1) is 0 Å². The number of hydrogen-bond acceptors (Lipinski definition) is 5. The van der Waals surface area contributed by atoms with Gasteiger partial charge in [-0.1, -0.05) is 34.1 Å². The number of Topliss-reactive ketones (excluding diaryl/α,β-unsaturated/α-hetero) is 1. The van der Waals surface area contributed by atoms with Crippen LogP contribution in [0.1, 0.15) is 24.3 Å². The van der Waals surface area contributed by atoms with Crippen LogP contribution in [0.25, 0.3) is 0 Å². The molecule has 1 saturated heterocycles. The molecule has 132 valence electrons. The van der Waals surface area contributed by atoms with Crippen molar-refractivity contribution in [3.05, 3.63) is 58.2 Å². The van der Waals surface area contributed by atoms with E-state index in [2.05, 4.69) is 34.1 Å². The van der Waals surface area contributed by atoms with E-state index in [0.717, 1.165) is 22.9 Å². The lowest BCUT2D eigenvalue weighted by Crippen LogP contribution is -2.40. The molecule has 1 saturated carbocycles. The number of benzene rings is 1. The molecular weight excluding hydrogens is 404 g/mol. The number of fused-ring (bicyclic) bond motifs is 1. The minimum absolute atomic E-state index is 0.0216. The van der Waals surface area contributed by atoms with Gasteiger partial charge in [-0.25, -0.2) is 0 Å². The predicted octanol–water partition coefficient (Wildman–Crippen LogP) is 3.58. The Morgan fingerprint density at radius 1 is 1.15 bits per heavy atom. The minimum Gasteiger partial charge on any atom is -0.356 e. The first kappa shape index (κ1) is 17.5. The Hall–Kier alpha value is -2.88. The molecule has 1 aromatic rings. The third-order valence-corrected chi connectivity index (χ3v) is 6.19. The lowest BCUT2D eigenvalue weighted by Gasteiger charge is -2.30. The lowest BCUT2D eigenvalue weighted by atomic mass is 9.69. The van der Waals surface area contributed by atoms with Crippen LogP contribution in [0.5, 0.6) is 0 Å². The summed E-state index contributed by atoms with van der Waals surface area (Å²) in [5.74, 6) is -0.548. The highest BCUT2D eigenvalue weighted by molar-refractivity contribution is 9.10. The Balaban J connectivity index is 1.92. The Morgan fingerprint density at radius 2 is 1.81 bits per heavy atom. The van der Waals surface area contributed by atoms with Crippen LogP contribution in [-0.4, -0.2) is 22.8 Å². The number of carbonyl (C=O) groups excluding carboxylic acids is 1. The first-order valence-corrected chi connectivity index (χ1v) is 9.54. The molecule has 0 aromatic heterocycles. The summed E-state index contributed by atoms with van der Waals surface area (Å²) in [4.78, 5) is 15.0. The fraction of sp³-hybridized carbons (Fsp3) is 0.333. The average molecular weight is 419 g/mol. The highest BCUT2D eigenvalue weighted by atomic mass is 79.9. The largest absolute Gasteiger partial charge is 0.356 e. The number of rotatable bonds is 3. The number of hydrogen-bond donors (Lipinski definition) is 0. The molecule has 0 spiro atoms. The normalized spacial score (nSPS) is 27.7. The fourth-order valence-electron chi connectivity index (χ4n) is 4.22. The second-order valence-electron chi connectivity index (χ2n) is 7.19. The van der Waals surface area contributed by atoms with Gasteiger partial charge in [-0.2, -0.15) is 15.8 Å². The Morgan fingerprint density at radius 3 is 2.37 bits per heavy atom. The second-order valence-corrected chi connectivity index (χ2v) is 8.11. The molecule has 2 heterocycles. The van der Waals surface area contributed by atoms with E-state index in [1.54, 1.807) is 23.3 Å². The summed E-state index contributed by atoms with van der Waals surface area (Å²) in [6.45, 7) is 0. The average Bonchev–Trinajstić information content (AvgIpc) is 3.50. The smallest absolute Gasteiger partial charge is 0.176 e. The zero-order chi connectivity index (χ0) is 19.2. The van der Waals surface area contributed by atoms with Crippen LogP contribution in [0.2, 0.25) is 0 Å². The number of carbonyl (C=O) groups is 1. The summed E-state index contributed by atoms with van der Waals surface area (Å²) in [6.07, 6.45) is 6.68. The van der Waals surface area contributed by atoms with Crippen molar-refractivity contribution in [3.8, 4) is 18.2 Å². The molecule has 0 bridgehead atoms. The van der Waals surface area contributed by atoms with E-state index in [1.807, 2.05) is 24.3 Å². The molecule has 6 heteroatoms. The summed E-state index contributed by atoms with van der Waals surface area (Å²) in [5.41, 5.74) is -0.201. The van der Waals surface area contributed by atoms with E-state index in [4.69, 9.17) is 0 Å². The zero-order valence-corrected chi connectivity index (χ0v) is 15.9. The standard InChI is InChI=1S/C21H15BrN4O/c22-16-6-4-14(5-7-16)18-19(20(27)15-2-3-15)26-10-13(9-23)1-8-17(26)21(18,11-24)12-25/h1,4-8,10,15,17-19H,2-3H2/t17-,18+,19-/m0/s1. The van der Waals surface area contributed by atoms with Crippen molar-refractivity contribution in [2.75, 3.05) is 0 Å². The maximum absolute atomic E-state index is 13.2. The molecule has 1 aliphatic carbocycles. The van der Waals surface area contributed by atoms with Crippen LogP contribution in [0.15, 0.2) is 52.7 Å². The van der Waals surface area contributed by atoms with Gasteiger partial charge in [-0.3, -0.25) is 4.79 Å². The summed E-state index contributed by atoms with van der Waals surface area (Å²) < 4.78 is 0.887. The summed E-state index contributed by atoms with van der Waals surface area (Å²) in [5, 5.41) is 29.5. The first-order chi connectivity index (χ1) is 13.1. The molecule has 2 fully saturated rings. The van der Waals surface area contributed by atoms with Crippen LogP contribution in [0.4, 0.5) is 0 Å². The number of nitriles is 3. The summed E-state index contributed by atoms with van der Waals surface area (Å²) >= 11 is 3.41. The highest BCUT2D eigenvalue weighted by Gasteiger charge is 2.63. The van der Waals surface area contributed by atoms with Crippen molar-refractivity contribution in [2.24, 2.45) is 11.3 Å². The third kappa shape index (κ3) is 2.59. The van der Waals surface area contributed by atoms with Gasteiger partial charge in [0.1, 0.15) is 6.07 Å². The monoisotopic (exact) mass is 418 g/mol. The molecular formula is C21H15BrN4O. The minimum atomic E-state index is -1.41. The van der Waals surface area contributed by atoms with Gasteiger partial charge in [0, 0.05) is 22.5 Å². The van der Waals surface area contributed by atoms with Crippen molar-refractivity contribution in [2.45, 2.75) is 30.8 Å². The molecule has 0 unspecified atom stereocenters. The third-order valence-electron chi connectivity index (χ3n) is 5.66. The summed E-state index contributed by atoms with van der Waals surface area (Å²) in [7, 11) is 0. The number of allylic oxidation sites excluding steroid dienone is 2. The molecule has 1 aromatic carbocycles. The molecule has 0 amide bonds. The van der Waals surface area contributed by atoms with Gasteiger partial charge >= 0.3 is 0 Å². The van der Waals surface area contributed by atoms with E-state index in [0.29, 0.717) is 5.57 Å². The number of nitrogens with zero attached hydrogens (tertiary/aromatic N) is 4. The lowest BCUT2D eigenvalue weighted by molar-refractivity contribution is -0.124. The molecule has 0 N–H and O–H groups in total. The van der Waals surface area contributed by atoms with Gasteiger partial charge in [0.2, 0.25) is 0 Å². The van der Waals surface area contributed by atoms with E-state index in [-0.39, 0.29) is 11.7 Å². The van der Waals surface area contributed by atoms with Crippen LogP contribution < -0.4 is 0 Å². The van der Waals surface area contributed by atoms with E-state index in [1.165, 1.54) is 0 Å². The quantitative estimate of drug-likeness (QED) is 0.747. The van der Waals surface area contributed by atoms with E-state index >= 15 is 0 Å². The van der Waals surface area contributed by atoms with E-state index in [9.17, 15) is 20.6 Å². The summed E-state index contributed by atoms with van der Waals surface area (Å²) in [6, 6.07) is 12.8. The van der Waals surface area contributed by atoms with Gasteiger partial charge in [0.15, 0.2) is 11.2 Å². The molecule has 2 aliphatic heterocycles. The van der Waals surface area contributed by atoms with Crippen molar-refractivity contribution < 1.29 is 4.79 Å². The van der Waals surface area contributed by atoms with Crippen LogP contribution >= 0.6 is 15.9 Å². The molecule has 3 atom stereocenters. The topological polar surface area (TPSA) is 91.7 Å². The van der Waals surface area contributed by atoms with Gasteiger partial charge in [0.25, 0.3) is 0 Å². The van der Waals surface area contributed by atoms with Crippen molar-refractivity contribution in [1.82, 2.24) is 4.90 Å². The molecule has 27 heavy (non-hydrogen) atoms. The van der Waals surface area contributed by atoms with Crippen LogP contribution in [0, 0.1) is 45.3 Å². The number of halogens is 1. The van der Waals surface area contributed by atoms with Crippen molar-refractivity contribution in [3.63, 3.8) is 0 Å². The Labute approximate surface area is 165 Å². The Bertz CT molecular complexity index is 971. The van der Waals surface area contributed by atoms with Crippen molar-refractivity contribution in [1.29, 1.82) is 15.8 Å². The SMILES string of the molecule is N#CC1=CN2[C@H](C(=O)C3CC3)[C@@H](c3ccc(Br)cc3)C(C#N)(C#N)[C@@H]2C=C1. The molecule has 5 nitrogen and oxygen atoms in total.